The Labute approximate surface area is 170 Å². The Morgan fingerprint density at radius 1 is 1.13 bits per heavy atom. The number of nitrogens with zero attached hydrogens (tertiary/aromatic N) is 2. The van der Waals surface area contributed by atoms with Gasteiger partial charge < -0.3 is 15.1 Å². The molecule has 0 aliphatic heterocycles. The number of hydrogen-bond acceptors (Lipinski definition) is 6. The number of rotatable bonds is 9. The van der Waals surface area contributed by atoms with E-state index in [-0.39, 0.29) is 41.7 Å². The van der Waals surface area contributed by atoms with Crippen molar-refractivity contribution in [2.45, 2.75) is 12.8 Å². The highest BCUT2D eigenvalue weighted by atomic mass is 19.1. The molecule has 156 valence electrons. The number of carbonyl (C=O) groups is 1. The summed E-state index contributed by atoms with van der Waals surface area (Å²) in [6, 6.07) is 9.11. The monoisotopic (exact) mass is 416 g/mol. The molecule has 0 aliphatic carbocycles. The van der Waals surface area contributed by atoms with E-state index in [1.54, 1.807) is 12.1 Å². The summed E-state index contributed by atoms with van der Waals surface area (Å²) in [7, 11) is 0. The first-order valence-corrected chi connectivity index (χ1v) is 9.07. The van der Waals surface area contributed by atoms with E-state index in [0.29, 0.717) is 18.8 Å². The van der Waals surface area contributed by atoms with Gasteiger partial charge in [-0.05, 0) is 24.3 Å². The van der Waals surface area contributed by atoms with Crippen LogP contribution < -0.4 is 10.6 Å². The zero-order valence-electron chi connectivity index (χ0n) is 15.7. The number of aryl methyl sites for hydroxylation is 1. The first-order valence-electron chi connectivity index (χ1n) is 9.07. The van der Waals surface area contributed by atoms with Crippen LogP contribution in [0.15, 0.2) is 53.1 Å². The topological polar surface area (TPSA) is 110 Å². The van der Waals surface area contributed by atoms with Gasteiger partial charge in [-0.3, -0.25) is 14.9 Å². The normalized spacial score (nSPS) is 10.6. The number of aromatic nitrogens is 1. The highest BCUT2D eigenvalue weighted by Crippen LogP contribution is 2.24. The fourth-order valence-corrected chi connectivity index (χ4v) is 2.66. The molecule has 2 N–H and O–H groups in total. The number of nitro benzene ring substituents is 1. The summed E-state index contributed by atoms with van der Waals surface area (Å²) in [6.45, 7) is 0.796. The van der Waals surface area contributed by atoms with Crippen molar-refractivity contribution < 1.29 is 22.9 Å². The third-order valence-corrected chi connectivity index (χ3v) is 4.17. The fourth-order valence-electron chi connectivity index (χ4n) is 2.66. The number of anilines is 1. The molecule has 10 heteroatoms. The summed E-state index contributed by atoms with van der Waals surface area (Å²) < 4.78 is 32.2. The van der Waals surface area contributed by atoms with Gasteiger partial charge in [-0.15, -0.1) is 0 Å². The second-order valence-corrected chi connectivity index (χ2v) is 6.32. The van der Waals surface area contributed by atoms with Gasteiger partial charge in [0.1, 0.15) is 11.6 Å². The molecule has 1 amide bonds. The molecule has 1 heterocycles. The van der Waals surface area contributed by atoms with Gasteiger partial charge >= 0.3 is 0 Å². The van der Waals surface area contributed by atoms with Crippen LogP contribution in [-0.2, 0) is 11.2 Å². The molecule has 0 atom stereocenters. The Kier molecular flexibility index (Phi) is 6.68. The molecule has 0 saturated heterocycles. The first-order chi connectivity index (χ1) is 14.4. The number of amides is 1. The number of carbonyl (C=O) groups excluding carboxylic acids is 1. The maximum atomic E-state index is 13.8. The van der Waals surface area contributed by atoms with Crippen LogP contribution in [0.25, 0.3) is 11.3 Å². The minimum Gasteiger partial charge on any atom is -0.441 e. The summed E-state index contributed by atoms with van der Waals surface area (Å²) in [4.78, 5) is 26.1. The number of benzene rings is 2. The third-order valence-electron chi connectivity index (χ3n) is 4.17. The van der Waals surface area contributed by atoms with Gasteiger partial charge in [-0.1, -0.05) is 0 Å². The van der Waals surface area contributed by atoms with Crippen LogP contribution in [0.5, 0.6) is 0 Å². The number of halogens is 2. The van der Waals surface area contributed by atoms with Gasteiger partial charge in [-0.2, -0.15) is 0 Å². The van der Waals surface area contributed by atoms with E-state index >= 15 is 0 Å². The number of nitro groups is 1. The van der Waals surface area contributed by atoms with Crippen LogP contribution in [-0.4, -0.2) is 28.9 Å². The third kappa shape index (κ3) is 5.60. The van der Waals surface area contributed by atoms with Crippen LogP contribution in [0.3, 0.4) is 0 Å². The van der Waals surface area contributed by atoms with Crippen LogP contribution in [0, 0.1) is 21.7 Å². The number of hydrogen-bond donors (Lipinski definition) is 2. The van der Waals surface area contributed by atoms with Gasteiger partial charge in [0.25, 0.3) is 5.69 Å². The summed E-state index contributed by atoms with van der Waals surface area (Å²) in [6.07, 6.45) is 1.69. The van der Waals surface area contributed by atoms with E-state index in [4.69, 9.17) is 4.42 Å². The van der Waals surface area contributed by atoms with Gasteiger partial charge in [0.15, 0.2) is 11.7 Å². The van der Waals surface area contributed by atoms with Crippen molar-refractivity contribution in [2.75, 3.05) is 18.4 Å². The van der Waals surface area contributed by atoms with Crippen molar-refractivity contribution in [2.24, 2.45) is 0 Å². The van der Waals surface area contributed by atoms with E-state index in [9.17, 15) is 23.7 Å². The minimum atomic E-state index is -0.754. The maximum absolute atomic E-state index is 13.8. The Bertz CT molecular complexity index is 1040. The Hall–Kier alpha value is -3.82. The Balaban J connectivity index is 1.40. The first kappa shape index (κ1) is 20.9. The van der Waals surface area contributed by atoms with E-state index in [0.717, 1.165) is 12.1 Å². The van der Waals surface area contributed by atoms with E-state index in [1.807, 2.05) is 0 Å². The Morgan fingerprint density at radius 2 is 1.90 bits per heavy atom. The molecule has 0 spiro atoms. The SMILES string of the molecule is O=C(CCc1ncc(-c2ccc(F)cc2F)o1)NCCNc1ccc([N+](=O)[O-])cc1. The van der Waals surface area contributed by atoms with E-state index in [1.165, 1.54) is 24.4 Å². The van der Waals surface area contributed by atoms with Crippen molar-refractivity contribution in [1.29, 1.82) is 0 Å². The molecule has 0 aliphatic rings. The van der Waals surface area contributed by atoms with Crippen LogP contribution in [0.2, 0.25) is 0 Å². The smallest absolute Gasteiger partial charge is 0.269 e. The zero-order chi connectivity index (χ0) is 21.5. The molecule has 3 aromatic rings. The predicted octanol–water partition coefficient (Wildman–Crippen LogP) is 3.69. The van der Waals surface area contributed by atoms with Crippen molar-refractivity contribution in [3.05, 3.63) is 76.3 Å². The van der Waals surface area contributed by atoms with Crippen molar-refractivity contribution in [3.8, 4) is 11.3 Å². The zero-order valence-corrected chi connectivity index (χ0v) is 15.7. The summed E-state index contributed by atoms with van der Waals surface area (Å²) in [5.74, 6) is -1.22. The molecule has 3 rings (SSSR count). The lowest BCUT2D eigenvalue weighted by atomic mass is 10.2. The highest BCUT2D eigenvalue weighted by molar-refractivity contribution is 5.76. The number of non-ortho nitro benzene ring substituents is 1. The number of nitrogens with one attached hydrogen (secondary N) is 2. The van der Waals surface area contributed by atoms with Gasteiger partial charge in [0.2, 0.25) is 5.91 Å². The summed E-state index contributed by atoms with van der Waals surface area (Å²) in [5, 5.41) is 16.4. The van der Waals surface area contributed by atoms with E-state index in [2.05, 4.69) is 15.6 Å². The molecular formula is C20H18F2N4O4. The average molecular weight is 416 g/mol. The standard InChI is InChI=1S/C20H18F2N4O4/c21-13-1-6-16(17(22)11-13)18-12-25-20(30-18)8-7-19(27)24-10-9-23-14-2-4-15(5-3-14)26(28)29/h1-6,11-12,23H,7-10H2,(H,24,27). The van der Waals surface area contributed by atoms with Crippen LogP contribution >= 0.6 is 0 Å². The second-order valence-electron chi connectivity index (χ2n) is 6.32. The molecule has 0 bridgehead atoms. The largest absolute Gasteiger partial charge is 0.441 e. The van der Waals surface area contributed by atoms with Crippen LogP contribution in [0.1, 0.15) is 12.3 Å². The van der Waals surface area contributed by atoms with Gasteiger partial charge in [0, 0.05) is 49.8 Å². The molecule has 0 unspecified atom stereocenters. The lowest BCUT2D eigenvalue weighted by Crippen LogP contribution is -2.28. The summed E-state index contributed by atoms with van der Waals surface area (Å²) in [5.41, 5.74) is 0.804. The van der Waals surface area contributed by atoms with Crippen molar-refractivity contribution >= 4 is 17.3 Å². The van der Waals surface area contributed by atoms with Crippen LogP contribution in [0.4, 0.5) is 20.2 Å². The molecule has 30 heavy (non-hydrogen) atoms. The molecule has 2 aromatic carbocycles. The Morgan fingerprint density at radius 3 is 2.60 bits per heavy atom. The quantitative estimate of drug-likeness (QED) is 0.313. The van der Waals surface area contributed by atoms with Gasteiger partial charge in [-0.25, -0.2) is 13.8 Å². The minimum absolute atomic E-state index is 0.00529. The molecule has 0 fully saturated rings. The molecule has 0 radical (unpaired) electrons. The lowest BCUT2D eigenvalue weighted by molar-refractivity contribution is -0.384. The van der Waals surface area contributed by atoms with Crippen molar-refractivity contribution in [3.63, 3.8) is 0 Å². The molecule has 1 aromatic heterocycles. The fraction of sp³-hybridized carbons (Fsp3) is 0.200. The maximum Gasteiger partial charge on any atom is 0.269 e. The molecular weight excluding hydrogens is 398 g/mol. The second kappa shape index (κ2) is 9.59. The van der Waals surface area contributed by atoms with Crippen molar-refractivity contribution in [1.82, 2.24) is 10.3 Å². The lowest BCUT2D eigenvalue weighted by Gasteiger charge is -2.07. The number of oxazole rings is 1. The molecule has 0 saturated carbocycles. The summed E-state index contributed by atoms with van der Waals surface area (Å²) >= 11 is 0. The predicted molar refractivity (Wildman–Crippen MR) is 105 cm³/mol. The molecule has 8 nitrogen and oxygen atoms in total. The highest BCUT2D eigenvalue weighted by Gasteiger charge is 2.13. The van der Waals surface area contributed by atoms with E-state index < -0.39 is 16.6 Å². The van der Waals surface area contributed by atoms with Gasteiger partial charge in [0.05, 0.1) is 16.7 Å². The average Bonchev–Trinajstić information content (AvgIpc) is 3.18.